The monoisotopic (exact) mass is 188 g/mol. The van der Waals surface area contributed by atoms with Crippen molar-refractivity contribution in [1.82, 2.24) is 20.2 Å². The maximum Gasteiger partial charge on any atom is 0.138 e. The van der Waals surface area contributed by atoms with E-state index in [0.29, 0.717) is 0 Å². The highest BCUT2D eigenvalue weighted by molar-refractivity contribution is 5.80. The minimum absolute atomic E-state index is 0.910. The smallest absolute Gasteiger partial charge is 0.138 e. The van der Waals surface area contributed by atoms with Crippen molar-refractivity contribution >= 4 is 0 Å². The average Bonchev–Trinajstić information content (AvgIpc) is 2.69. The molecule has 0 N–H and O–H groups in total. The van der Waals surface area contributed by atoms with E-state index in [2.05, 4.69) is 46.7 Å². The van der Waals surface area contributed by atoms with E-state index >= 15 is 0 Å². The fourth-order valence-electron chi connectivity index (χ4n) is 1.19. The molecule has 2 aliphatic carbocycles. The quantitative estimate of drug-likeness (QED) is 0.615. The Morgan fingerprint density at radius 3 is 2.43 bits per heavy atom. The van der Waals surface area contributed by atoms with Gasteiger partial charge in [0, 0.05) is 6.54 Å². The summed E-state index contributed by atoms with van der Waals surface area (Å²) in [4.78, 5) is 0. The Kier molecular flexibility index (Phi) is 2.53. The number of nitrogens with zero attached hydrogens (tertiary/aromatic N) is 4. The largest absolute Gasteiger partial charge is 0.233 e. The predicted molar refractivity (Wildman–Crippen MR) is 53.5 cm³/mol. The Hall–Kier alpha value is -1.71. The van der Waals surface area contributed by atoms with E-state index in [1.807, 2.05) is 0 Å². The van der Waals surface area contributed by atoms with Crippen LogP contribution in [0.3, 0.4) is 0 Å². The van der Waals surface area contributed by atoms with E-state index < -0.39 is 0 Å². The third-order valence-electron chi connectivity index (χ3n) is 1.96. The molecule has 0 atom stereocenters. The molecule has 4 nitrogen and oxygen atoms in total. The highest BCUT2D eigenvalue weighted by atomic mass is 15.5. The van der Waals surface area contributed by atoms with Crippen LogP contribution in [-0.2, 0) is 6.54 Å². The molecule has 1 aromatic heterocycles. The molecule has 0 spiro atoms. The van der Waals surface area contributed by atoms with Gasteiger partial charge < -0.3 is 0 Å². The van der Waals surface area contributed by atoms with E-state index in [1.165, 1.54) is 11.1 Å². The van der Waals surface area contributed by atoms with E-state index in [-0.39, 0.29) is 0 Å². The molecule has 0 saturated carbocycles. The zero-order valence-electron chi connectivity index (χ0n) is 8.09. The molecule has 0 unspecified atom stereocenters. The SMILES string of the molecule is CCCn1cnnn1.c1cc2cc-2c1. The second-order valence-electron chi connectivity index (χ2n) is 3.15. The second-order valence-corrected chi connectivity index (χ2v) is 3.15. The fourth-order valence-corrected chi connectivity index (χ4v) is 1.19. The van der Waals surface area contributed by atoms with Gasteiger partial charge in [0.15, 0.2) is 0 Å². The summed E-state index contributed by atoms with van der Waals surface area (Å²) in [5, 5.41) is 10.6. The first-order valence-corrected chi connectivity index (χ1v) is 4.71. The molecule has 1 heterocycles. The first-order chi connectivity index (χ1) is 6.90. The average molecular weight is 188 g/mol. The van der Waals surface area contributed by atoms with Gasteiger partial charge in [0.2, 0.25) is 0 Å². The number of hydrogen-bond donors (Lipinski definition) is 0. The van der Waals surface area contributed by atoms with Crippen LogP contribution in [0.25, 0.3) is 11.1 Å². The van der Waals surface area contributed by atoms with Gasteiger partial charge in [-0.3, -0.25) is 0 Å². The summed E-state index contributed by atoms with van der Waals surface area (Å²) in [5.74, 6) is 0. The molecular formula is C10H12N4. The highest BCUT2D eigenvalue weighted by Crippen LogP contribution is 2.32. The zero-order chi connectivity index (χ0) is 9.80. The van der Waals surface area contributed by atoms with Crippen LogP contribution in [0, 0.1) is 0 Å². The zero-order valence-corrected chi connectivity index (χ0v) is 8.09. The van der Waals surface area contributed by atoms with Crippen LogP contribution < -0.4 is 0 Å². The summed E-state index contributed by atoms with van der Waals surface area (Å²) in [6.07, 6.45) is 2.69. The summed E-state index contributed by atoms with van der Waals surface area (Å²) in [7, 11) is 0. The number of aryl methyl sites for hydroxylation is 1. The Balaban J connectivity index is 0.000000110. The lowest BCUT2D eigenvalue weighted by Crippen LogP contribution is -1.96. The number of rotatable bonds is 2. The molecule has 14 heavy (non-hydrogen) atoms. The molecule has 0 saturated heterocycles. The Morgan fingerprint density at radius 1 is 1.29 bits per heavy atom. The van der Waals surface area contributed by atoms with Gasteiger partial charge in [-0.2, -0.15) is 0 Å². The van der Waals surface area contributed by atoms with Crippen LogP contribution in [0.5, 0.6) is 0 Å². The van der Waals surface area contributed by atoms with Crippen LogP contribution in [-0.4, -0.2) is 20.2 Å². The van der Waals surface area contributed by atoms with Crippen molar-refractivity contribution in [3.05, 3.63) is 30.6 Å². The van der Waals surface area contributed by atoms with Crippen molar-refractivity contribution < 1.29 is 0 Å². The number of benzene rings is 1. The van der Waals surface area contributed by atoms with Crippen molar-refractivity contribution in [2.45, 2.75) is 19.9 Å². The van der Waals surface area contributed by atoms with Gasteiger partial charge in [0.25, 0.3) is 0 Å². The van der Waals surface area contributed by atoms with Crippen LogP contribution in [0.2, 0.25) is 0 Å². The molecule has 0 fully saturated rings. The van der Waals surface area contributed by atoms with Gasteiger partial charge in [-0.1, -0.05) is 25.1 Å². The molecule has 0 aliphatic heterocycles. The van der Waals surface area contributed by atoms with Crippen molar-refractivity contribution in [3.8, 4) is 11.1 Å². The van der Waals surface area contributed by atoms with E-state index in [1.54, 1.807) is 11.0 Å². The Morgan fingerprint density at radius 2 is 2.07 bits per heavy atom. The molecule has 3 rings (SSSR count). The van der Waals surface area contributed by atoms with Crippen LogP contribution in [0.1, 0.15) is 13.3 Å². The van der Waals surface area contributed by atoms with E-state index in [9.17, 15) is 0 Å². The summed E-state index contributed by atoms with van der Waals surface area (Å²) in [5.41, 5.74) is 2.85. The molecule has 0 bridgehead atoms. The van der Waals surface area contributed by atoms with Gasteiger partial charge in [-0.05, 0) is 34.0 Å². The molecule has 0 aromatic carbocycles. The van der Waals surface area contributed by atoms with E-state index in [0.717, 1.165) is 13.0 Å². The lowest BCUT2D eigenvalue weighted by molar-refractivity contribution is 0.578. The summed E-state index contributed by atoms with van der Waals surface area (Å²) in [6, 6.07) is 8.48. The predicted octanol–water partition coefficient (Wildman–Crippen LogP) is 1.75. The van der Waals surface area contributed by atoms with Crippen molar-refractivity contribution in [2.75, 3.05) is 0 Å². The first kappa shape index (κ1) is 8.87. The Bertz CT molecular complexity index is 377. The molecule has 1 aromatic rings. The summed E-state index contributed by atoms with van der Waals surface area (Å²) >= 11 is 0. The Labute approximate surface area is 82.6 Å². The maximum atomic E-state index is 3.66. The van der Waals surface area contributed by atoms with Gasteiger partial charge in [0.05, 0.1) is 0 Å². The second kappa shape index (κ2) is 4.00. The maximum absolute atomic E-state index is 3.66. The number of fused-ring (bicyclic) bond motifs is 1. The van der Waals surface area contributed by atoms with Gasteiger partial charge >= 0.3 is 0 Å². The normalized spacial score (nSPS) is 10.4. The minimum atomic E-state index is 0.910. The highest BCUT2D eigenvalue weighted by Gasteiger charge is 2.06. The fraction of sp³-hybridized carbons (Fsp3) is 0.300. The lowest BCUT2D eigenvalue weighted by Gasteiger charge is -1.89. The van der Waals surface area contributed by atoms with E-state index in [4.69, 9.17) is 0 Å². The topological polar surface area (TPSA) is 43.6 Å². The molecule has 2 aliphatic rings. The van der Waals surface area contributed by atoms with Crippen molar-refractivity contribution in [1.29, 1.82) is 0 Å². The van der Waals surface area contributed by atoms with Gasteiger partial charge in [0.1, 0.15) is 6.33 Å². The molecular weight excluding hydrogens is 176 g/mol. The van der Waals surface area contributed by atoms with Gasteiger partial charge in [-0.25, -0.2) is 4.68 Å². The lowest BCUT2D eigenvalue weighted by atomic mass is 10.5. The molecule has 0 radical (unpaired) electrons. The van der Waals surface area contributed by atoms with Crippen LogP contribution in [0.4, 0.5) is 0 Å². The number of hydrogen-bond acceptors (Lipinski definition) is 3. The van der Waals surface area contributed by atoms with Crippen LogP contribution >= 0.6 is 0 Å². The number of tetrazole rings is 1. The summed E-state index contributed by atoms with van der Waals surface area (Å²) < 4.78 is 1.71. The molecule has 4 heteroatoms. The van der Waals surface area contributed by atoms with Crippen LogP contribution in [0.15, 0.2) is 30.6 Å². The van der Waals surface area contributed by atoms with Crippen molar-refractivity contribution in [3.63, 3.8) is 0 Å². The third-order valence-corrected chi connectivity index (χ3v) is 1.96. The number of aromatic nitrogens is 4. The minimum Gasteiger partial charge on any atom is -0.233 e. The molecule has 0 amide bonds. The van der Waals surface area contributed by atoms with Gasteiger partial charge in [-0.15, -0.1) is 5.10 Å². The molecule has 72 valence electrons. The van der Waals surface area contributed by atoms with Crippen molar-refractivity contribution in [2.24, 2.45) is 0 Å². The third kappa shape index (κ3) is 2.16. The summed E-state index contributed by atoms with van der Waals surface area (Å²) in [6.45, 7) is 2.99. The first-order valence-electron chi connectivity index (χ1n) is 4.71. The standard InChI is InChI=1S/C6H4.C4H8N4/c1-2-5-4-6(5)3-1;1-2-3-8-4-5-6-7-8/h1-4H;4H,2-3H2,1H3.